The highest BCUT2D eigenvalue weighted by atomic mass is 16.6. The molecule has 1 saturated carbocycles. The third-order valence-corrected chi connectivity index (χ3v) is 3.12. The first kappa shape index (κ1) is 12.7. The van der Waals surface area contributed by atoms with Crippen molar-refractivity contribution in [1.29, 1.82) is 0 Å². The monoisotopic (exact) mass is 240 g/mol. The number of piperidine rings is 1. The minimum absolute atomic E-state index is 0.167. The highest BCUT2D eigenvalue weighted by Gasteiger charge is 2.30. The van der Waals surface area contributed by atoms with Gasteiger partial charge in [0.25, 0.3) is 0 Å². The van der Waals surface area contributed by atoms with Gasteiger partial charge in [-0.25, -0.2) is 4.79 Å². The maximum Gasteiger partial charge on any atom is 0.410 e. The van der Waals surface area contributed by atoms with Gasteiger partial charge in [0.05, 0.1) is 0 Å². The zero-order valence-electron chi connectivity index (χ0n) is 11.2. The van der Waals surface area contributed by atoms with Gasteiger partial charge < -0.3 is 15.0 Å². The van der Waals surface area contributed by atoms with Crippen LogP contribution in [0.4, 0.5) is 4.79 Å². The second kappa shape index (κ2) is 4.84. The summed E-state index contributed by atoms with van der Waals surface area (Å²) >= 11 is 0. The Balaban J connectivity index is 1.81. The number of amides is 1. The van der Waals surface area contributed by atoms with Crippen LogP contribution in [0.5, 0.6) is 0 Å². The third kappa shape index (κ3) is 4.19. The average molecular weight is 240 g/mol. The highest BCUT2D eigenvalue weighted by Crippen LogP contribution is 2.22. The number of likely N-dealkylation sites (tertiary alicyclic amines) is 1. The van der Waals surface area contributed by atoms with Gasteiger partial charge in [-0.1, -0.05) is 0 Å². The van der Waals surface area contributed by atoms with Crippen molar-refractivity contribution < 1.29 is 9.53 Å². The highest BCUT2D eigenvalue weighted by molar-refractivity contribution is 5.68. The third-order valence-electron chi connectivity index (χ3n) is 3.12. The van der Waals surface area contributed by atoms with Gasteiger partial charge in [0.2, 0.25) is 0 Å². The topological polar surface area (TPSA) is 41.6 Å². The summed E-state index contributed by atoms with van der Waals surface area (Å²) < 4.78 is 5.41. The van der Waals surface area contributed by atoms with E-state index in [2.05, 4.69) is 5.32 Å². The lowest BCUT2D eigenvalue weighted by molar-refractivity contribution is 0.0187. The van der Waals surface area contributed by atoms with Crippen molar-refractivity contribution in [2.45, 2.75) is 64.1 Å². The average Bonchev–Trinajstić information content (AvgIpc) is 2.99. The van der Waals surface area contributed by atoms with Crippen LogP contribution in [-0.2, 0) is 4.74 Å². The lowest BCUT2D eigenvalue weighted by Crippen LogP contribution is -2.49. The summed E-state index contributed by atoms with van der Waals surface area (Å²) in [5.41, 5.74) is -0.395. The molecule has 0 radical (unpaired) electrons. The standard InChI is InChI=1S/C13H24N2O2/c1-13(2,3)17-12(16)15-8-4-5-11(9-15)14-10-6-7-10/h10-11,14H,4-9H2,1-3H3/t11-/m0/s1. The van der Waals surface area contributed by atoms with Crippen molar-refractivity contribution in [1.82, 2.24) is 10.2 Å². The van der Waals surface area contributed by atoms with Crippen LogP contribution in [0, 0.1) is 0 Å². The zero-order chi connectivity index (χ0) is 12.5. The molecule has 0 aromatic heterocycles. The minimum atomic E-state index is -0.395. The maximum absolute atomic E-state index is 11.9. The predicted octanol–water partition coefficient (Wildman–Crippen LogP) is 2.14. The van der Waals surface area contributed by atoms with E-state index in [-0.39, 0.29) is 6.09 Å². The SMILES string of the molecule is CC(C)(C)OC(=O)N1CCC[C@H](NC2CC2)C1. The largest absolute Gasteiger partial charge is 0.444 e. The summed E-state index contributed by atoms with van der Waals surface area (Å²) in [6, 6.07) is 1.17. The van der Waals surface area contributed by atoms with Crippen molar-refractivity contribution in [3.05, 3.63) is 0 Å². The van der Waals surface area contributed by atoms with E-state index in [1.54, 1.807) is 0 Å². The van der Waals surface area contributed by atoms with Crippen molar-refractivity contribution in [2.24, 2.45) is 0 Å². The first-order valence-corrected chi connectivity index (χ1v) is 6.68. The van der Waals surface area contributed by atoms with E-state index in [9.17, 15) is 4.79 Å². The molecule has 0 spiro atoms. The van der Waals surface area contributed by atoms with E-state index in [0.717, 1.165) is 19.5 Å². The predicted molar refractivity (Wildman–Crippen MR) is 67.0 cm³/mol. The first-order chi connectivity index (χ1) is 7.94. The normalized spacial score (nSPS) is 25.8. The number of hydrogen-bond donors (Lipinski definition) is 1. The van der Waals surface area contributed by atoms with Gasteiger partial charge in [-0.05, 0) is 46.5 Å². The van der Waals surface area contributed by atoms with E-state index in [4.69, 9.17) is 4.74 Å². The molecule has 1 heterocycles. The van der Waals surface area contributed by atoms with Crippen LogP contribution in [0.2, 0.25) is 0 Å². The number of carbonyl (C=O) groups is 1. The molecule has 0 aromatic carbocycles. The lowest BCUT2D eigenvalue weighted by atomic mass is 10.1. The number of nitrogens with zero attached hydrogens (tertiary/aromatic N) is 1. The Bertz CT molecular complexity index is 282. The number of nitrogens with one attached hydrogen (secondary N) is 1. The summed E-state index contributed by atoms with van der Waals surface area (Å²) in [5, 5.41) is 3.59. The van der Waals surface area contributed by atoms with E-state index < -0.39 is 5.60 Å². The fraction of sp³-hybridized carbons (Fsp3) is 0.923. The molecule has 0 unspecified atom stereocenters. The van der Waals surface area contributed by atoms with Crippen LogP contribution >= 0.6 is 0 Å². The maximum atomic E-state index is 11.9. The van der Waals surface area contributed by atoms with Gasteiger partial charge in [-0.2, -0.15) is 0 Å². The van der Waals surface area contributed by atoms with Crippen LogP contribution < -0.4 is 5.32 Å². The molecule has 1 atom stereocenters. The minimum Gasteiger partial charge on any atom is -0.444 e. The number of hydrogen-bond acceptors (Lipinski definition) is 3. The van der Waals surface area contributed by atoms with Crippen molar-refractivity contribution in [3.63, 3.8) is 0 Å². The van der Waals surface area contributed by atoms with Gasteiger partial charge >= 0.3 is 6.09 Å². The summed E-state index contributed by atoms with van der Waals surface area (Å²) in [5.74, 6) is 0. The van der Waals surface area contributed by atoms with Crippen molar-refractivity contribution in [3.8, 4) is 0 Å². The Labute approximate surface area is 104 Å². The molecule has 1 aliphatic carbocycles. The molecule has 2 fully saturated rings. The Morgan fingerprint density at radius 3 is 2.53 bits per heavy atom. The Morgan fingerprint density at radius 2 is 1.94 bits per heavy atom. The molecular weight excluding hydrogens is 216 g/mol. The second-order valence-electron chi connectivity index (χ2n) is 6.21. The molecule has 4 heteroatoms. The Hall–Kier alpha value is -0.770. The van der Waals surface area contributed by atoms with Crippen LogP contribution in [0.3, 0.4) is 0 Å². The van der Waals surface area contributed by atoms with Gasteiger partial charge in [0, 0.05) is 25.2 Å². The molecule has 1 amide bonds. The molecule has 0 aromatic rings. The Morgan fingerprint density at radius 1 is 1.24 bits per heavy atom. The Kier molecular flexibility index (Phi) is 3.61. The van der Waals surface area contributed by atoms with Crippen LogP contribution in [0.15, 0.2) is 0 Å². The first-order valence-electron chi connectivity index (χ1n) is 6.68. The molecule has 17 heavy (non-hydrogen) atoms. The molecule has 4 nitrogen and oxygen atoms in total. The van der Waals surface area contributed by atoms with E-state index in [1.165, 1.54) is 19.3 Å². The van der Waals surface area contributed by atoms with E-state index >= 15 is 0 Å². The summed E-state index contributed by atoms with van der Waals surface area (Å²) in [4.78, 5) is 13.8. The quantitative estimate of drug-likeness (QED) is 0.804. The molecule has 2 rings (SSSR count). The molecule has 1 aliphatic heterocycles. The van der Waals surface area contributed by atoms with Gasteiger partial charge in [-0.15, -0.1) is 0 Å². The molecule has 1 saturated heterocycles. The molecule has 0 bridgehead atoms. The second-order valence-corrected chi connectivity index (χ2v) is 6.21. The summed E-state index contributed by atoms with van der Waals surface area (Å²) in [7, 11) is 0. The number of ether oxygens (including phenoxy) is 1. The fourth-order valence-corrected chi connectivity index (χ4v) is 2.19. The molecule has 1 N–H and O–H groups in total. The van der Waals surface area contributed by atoms with Gasteiger partial charge in [0.15, 0.2) is 0 Å². The number of carbonyl (C=O) groups excluding carboxylic acids is 1. The molecule has 98 valence electrons. The summed E-state index contributed by atoms with van der Waals surface area (Å²) in [6.07, 6.45) is 4.67. The van der Waals surface area contributed by atoms with Crippen molar-refractivity contribution >= 4 is 6.09 Å². The molecule has 2 aliphatic rings. The summed E-state index contributed by atoms with van der Waals surface area (Å²) in [6.45, 7) is 7.36. The van der Waals surface area contributed by atoms with E-state index in [1.807, 2.05) is 25.7 Å². The van der Waals surface area contributed by atoms with Crippen LogP contribution in [0.1, 0.15) is 46.5 Å². The lowest BCUT2D eigenvalue weighted by Gasteiger charge is -2.34. The van der Waals surface area contributed by atoms with Crippen molar-refractivity contribution in [2.75, 3.05) is 13.1 Å². The zero-order valence-corrected chi connectivity index (χ0v) is 11.2. The fourth-order valence-electron chi connectivity index (χ4n) is 2.19. The van der Waals surface area contributed by atoms with Crippen LogP contribution in [-0.4, -0.2) is 41.8 Å². The molecular formula is C13H24N2O2. The smallest absolute Gasteiger partial charge is 0.410 e. The van der Waals surface area contributed by atoms with Gasteiger partial charge in [0.1, 0.15) is 5.60 Å². The van der Waals surface area contributed by atoms with Gasteiger partial charge in [-0.3, -0.25) is 0 Å². The van der Waals surface area contributed by atoms with E-state index in [0.29, 0.717) is 12.1 Å². The number of rotatable bonds is 2. The van der Waals surface area contributed by atoms with Crippen LogP contribution in [0.25, 0.3) is 0 Å².